The van der Waals surface area contributed by atoms with Crippen molar-refractivity contribution >= 4 is 0 Å². The number of nitrogens with zero attached hydrogens (tertiary/aromatic N) is 2. The SMILES string of the molecule is N[C@H](CO)c1nc(C2CC3CCC2O3)no1. The van der Waals surface area contributed by atoms with Gasteiger partial charge in [0.25, 0.3) is 0 Å². The van der Waals surface area contributed by atoms with E-state index >= 15 is 0 Å². The number of nitrogens with two attached hydrogens (primary N) is 1. The van der Waals surface area contributed by atoms with Gasteiger partial charge < -0.3 is 20.1 Å². The second-order valence-corrected chi connectivity index (χ2v) is 4.50. The van der Waals surface area contributed by atoms with Gasteiger partial charge >= 0.3 is 0 Å². The minimum atomic E-state index is -0.583. The minimum Gasteiger partial charge on any atom is -0.394 e. The largest absolute Gasteiger partial charge is 0.394 e. The maximum Gasteiger partial charge on any atom is 0.245 e. The number of fused-ring (bicyclic) bond motifs is 2. The highest BCUT2D eigenvalue weighted by molar-refractivity contribution is 5.07. The highest BCUT2D eigenvalue weighted by atomic mass is 16.5. The molecule has 6 heteroatoms. The Morgan fingerprint density at radius 1 is 1.50 bits per heavy atom. The first-order valence-corrected chi connectivity index (χ1v) is 5.63. The molecule has 0 radical (unpaired) electrons. The second-order valence-electron chi connectivity index (χ2n) is 4.50. The fourth-order valence-corrected chi connectivity index (χ4v) is 2.54. The number of hydrogen-bond donors (Lipinski definition) is 2. The van der Waals surface area contributed by atoms with E-state index in [0.29, 0.717) is 17.8 Å². The Morgan fingerprint density at radius 3 is 3.00 bits per heavy atom. The van der Waals surface area contributed by atoms with E-state index in [9.17, 15) is 0 Å². The normalized spacial score (nSPS) is 34.5. The topological polar surface area (TPSA) is 94.4 Å². The van der Waals surface area contributed by atoms with Crippen LogP contribution in [0.2, 0.25) is 0 Å². The van der Waals surface area contributed by atoms with Crippen molar-refractivity contribution in [3.63, 3.8) is 0 Å². The van der Waals surface area contributed by atoms with Crippen molar-refractivity contribution in [2.45, 2.75) is 43.4 Å². The van der Waals surface area contributed by atoms with Crippen molar-refractivity contribution in [1.82, 2.24) is 10.1 Å². The van der Waals surface area contributed by atoms with Crippen LogP contribution < -0.4 is 5.73 Å². The molecule has 0 saturated carbocycles. The smallest absolute Gasteiger partial charge is 0.245 e. The summed E-state index contributed by atoms with van der Waals surface area (Å²) in [6.45, 7) is -0.186. The summed E-state index contributed by atoms with van der Waals surface area (Å²) in [5.41, 5.74) is 5.60. The van der Waals surface area contributed by atoms with Crippen LogP contribution in [0.4, 0.5) is 0 Å². The van der Waals surface area contributed by atoms with Gasteiger partial charge in [-0.2, -0.15) is 4.98 Å². The first kappa shape index (κ1) is 10.2. The van der Waals surface area contributed by atoms with E-state index < -0.39 is 6.04 Å². The Hall–Kier alpha value is -0.980. The number of ether oxygens (including phenoxy) is 1. The maximum atomic E-state index is 8.89. The van der Waals surface area contributed by atoms with Crippen LogP contribution in [0.15, 0.2) is 4.52 Å². The molecule has 16 heavy (non-hydrogen) atoms. The summed E-state index contributed by atoms with van der Waals surface area (Å²) in [6.07, 6.45) is 3.79. The van der Waals surface area contributed by atoms with Crippen LogP contribution in [-0.2, 0) is 4.74 Å². The number of hydrogen-bond acceptors (Lipinski definition) is 6. The quantitative estimate of drug-likeness (QED) is 0.757. The van der Waals surface area contributed by atoms with Gasteiger partial charge in [-0.25, -0.2) is 0 Å². The van der Waals surface area contributed by atoms with E-state index in [2.05, 4.69) is 10.1 Å². The molecule has 88 valence electrons. The molecule has 1 aromatic heterocycles. The fraction of sp³-hybridized carbons (Fsp3) is 0.800. The average molecular weight is 225 g/mol. The summed E-state index contributed by atoms with van der Waals surface area (Å²) < 4.78 is 10.8. The Balaban J connectivity index is 1.77. The molecule has 0 spiro atoms. The van der Waals surface area contributed by atoms with Crippen LogP contribution in [-0.4, -0.2) is 34.1 Å². The summed E-state index contributed by atoms with van der Waals surface area (Å²) in [6, 6.07) is -0.583. The molecule has 2 fully saturated rings. The average Bonchev–Trinajstić information content (AvgIpc) is 3.02. The molecule has 0 aromatic carbocycles. The Labute approximate surface area is 92.8 Å². The van der Waals surface area contributed by atoms with Crippen LogP contribution >= 0.6 is 0 Å². The Kier molecular flexibility index (Phi) is 2.42. The molecule has 1 aromatic rings. The summed E-state index contributed by atoms with van der Waals surface area (Å²) in [5.74, 6) is 1.22. The van der Waals surface area contributed by atoms with E-state index in [-0.39, 0.29) is 18.6 Å². The zero-order valence-electron chi connectivity index (χ0n) is 8.87. The van der Waals surface area contributed by atoms with Crippen molar-refractivity contribution in [2.75, 3.05) is 6.61 Å². The van der Waals surface area contributed by atoms with Crippen molar-refractivity contribution in [3.05, 3.63) is 11.7 Å². The number of aliphatic hydroxyl groups is 1. The van der Waals surface area contributed by atoms with E-state index in [1.54, 1.807) is 0 Å². The number of aromatic nitrogens is 2. The molecule has 2 saturated heterocycles. The predicted octanol–water partition coefficient (Wildman–Crippen LogP) is 0.0966. The summed E-state index contributed by atoms with van der Waals surface area (Å²) in [4.78, 5) is 4.24. The number of aliphatic hydroxyl groups excluding tert-OH is 1. The molecular weight excluding hydrogens is 210 g/mol. The third kappa shape index (κ3) is 1.53. The summed E-state index contributed by atoms with van der Waals surface area (Å²) in [5, 5.41) is 12.8. The van der Waals surface area contributed by atoms with Gasteiger partial charge in [0, 0.05) is 0 Å². The third-order valence-corrected chi connectivity index (χ3v) is 3.41. The van der Waals surface area contributed by atoms with Crippen molar-refractivity contribution in [1.29, 1.82) is 0 Å². The highest BCUT2D eigenvalue weighted by Gasteiger charge is 2.43. The minimum absolute atomic E-state index is 0.186. The lowest BCUT2D eigenvalue weighted by Gasteiger charge is -2.13. The van der Waals surface area contributed by atoms with Gasteiger partial charge in [-0.1, -0.05) is 5.16 Å². The van der Waals surface area contributed by atoms with E-state index in [4.69, 9.17) is 20.1 Å². The van der Waals surface area contributed by atoms with Gasteiger partial charge in [0.15, 0.2) is 5.82 Å². The first-order valence-electron chi connectivity index (χ1n) is 5.63. The molecule has 6 nitrogen and oxygen atoms in total. The third-order valence-electron chi connectivity index (χ3n) is 3.41. The molecule has 2 aliphatic heterocycles. The molecule has 2 bridgehead atoms. The van der Waals surface area contributed by atoms with Crippen molar-refractivity contribution < 1.29 is 14.4 Å². The van der Waals surface area contributed by atoms with Crippen molar-refractivity contribution in [3.8, 4) is 0 Å². The molecule has 0 amide bonds. The molecule has 3 N–H and O–H groups in total. The van der Waals surface area contributed by atoms with Gasteiger partial charge in [-0.15, -0.1) is 0 Å². The molecule has 3 rings (SSSR count). The Morgan fingerprint density at radius 2 is 2.38 bits per heavy atom. The van der Waals surface area contributed by atoms with E-state index in [1.807, 2.05) is 0 Å². The van der Waals surface area contributed by atoms with Crippen LogP contribution in [0.1, 0.15) is 42.9 Å². The van der Waals surface area contributed by atoms with Gasteiger partial charge in [0.1, 0.15) is 6.04 Å². The molecule has 3 heterocycles. The van der Waals surface area contributed by atoms with Gasteiger partial charge in [-0.05, 0) is 19.3 Å². The molecule has 4 atom stereocenters. The van der Waals surface area contributed by atoms with E-state index in [1.165, 1.54) is 0 Å². The highest BCUT2D eigenvalue weighted by Crippen LogP contribution is 2.43. The van der Waals surface area contributed by atoms with Gasteiger partial charge in [0.05, 0.1) is 24.7 Å². The molecule has 0 aliphatic carbocycles. The summed E-state index contributed by atoms with van der Waals surface area (Å²) in [7, 11) is 0. The van der Waals surface area contributed by atoms with Crippen LogP contribution in [0.5, 0.6) is 0 Å². The van der Waals surface area contributed by atoms with Crippen LogP contribution in [0.3, 0.4) is 0 Å². The molecule has 2 aliphatic rings. The monoisotopic (exact) mass is 225 g/mol. The van der Waals surface area contributed by atoms with Crippen molar-refractivity contribution in [2.24, 2.45) is 5.73 Å². The lowest BCUT2D eigenvalue weighted by molar-refractivity contribution is 0.0996. The Bertz CT molecular complexity index is 381. The second kappa shape index (κ2) is 3.80. The zero-order valence-corrected chi connectivity index (χ0v) is 8.87. The summed E-state index contributed by atoms with van der Waals surface area (Å²) >= 11 is 0. The van der Waals surface area contributed by atoms with Gasteiger partial charge in [0.2, 0.25) is 5.89 Å². The maximum absolute atomic E-state index is 8.89. The standard InChI is InChI=1S/C10H15N3O3/c11-7(4-14)10-12-9(13-16-10)6-3-5-1-2-8(6)15-5/h5-8,14H,1-4,11H2/t5?,6?,7-,8?/m1/s1. The number of rotatable bonds is 3. The van der Waals surface area contributed by atoms with Gasteiger partial charge in [-0.3, -0.25) is 0 Å². The lowest BCUT2D eigenvalue weighted by atomic mass is 9.89. The van der Waals surface area contributed by atoms with Crippen LogP contribution in [0.25, 0.3) is 0 Å². The molecular formula is C10H15N3O3. The predicted molar refractivity (Wildman–Crippen MR) is 53.6 cm³/mol. The first-order chi connectivity index (χ1) is 7.78. The van der Waals surface area contributed by atoms with Crippen LogP contribution in [0, 0.1) is 0 Å². The van der Waals surface area contributed by atoms with E-state index in [0.717, 1.165) is 19.3 Å². The molecule has 3 unspecified atom stereocenters. The fourth-order valence-electron chi connectivity index (χ4n) is 2.54. The lowest BCUT2D eigenvalue weighted by Crippen LogP contribution is -2.17. The zero-order chi connectivity index (χ0) is 11.1.